The normalized spacial score (nSPS) is 10.9. The Labute approximate surface area is 203 Å². The van der Waals surface area contributed by atoms with E-state index >= 15 is 0 Å². The zero-order valence-corrected chi connectivity index (χ0v) is 19.8. The number of non-ortho nitro benzene ring substituents is 1. The first-order chi connectivity index (χ1) is 16.5. The molecule has 34 heavy (non-hydrogen) atoms. The molecule has 1 aromatic heterocycles. The Morgan fingerprint density at radius 2 is 1.71 bits per heavy atom. The molecular weight excluding hydrogens is 450 g/mol. The lowest BCUT2D eigenvalue weighted by Gasteiger charge is -2.27. The molecule has 2 aromatic carbocycles. The monoisotopic (exact) mass is 477 g/mol. The van der Waals surface area contributed by atoms with Crippen molar-refractivity contribution in [2.75, 3.05) is 13.1 Å². The Hall–Kier alpha value is -3.78. The summed E-state index contributed by atoms with van der Waals surface area (Å²) >= 11 is 1.60. The molecule has 7 nitrogen and oxygen atoms in total. The number of benzene rings is 2. The Morgan fingerprint density at radius 1 is 0.971 bits per heavy atom. The minimum absolute atomic E-state index is 0.00840. The van der Waals surface area contributed by atoms with Crippen LogP contribution in [0.15, 0.2) is 78.2 Å². The van der Waals surface area contributed by atoms with Crippen molar-refractivity contribution in [3.05, 3.63) is 104 Å². The van der Waals surface area contributed by atoms with Gasteiger partial charge in [-0.05, 0) is 47.2 Å². The number of hydrogen-bond donors (Lipinski definition) is 0. The van der Waals surface area contributed by atoms with Gasteiger partial charge in [-0.2, -0.15) is 0 Å². The number of carbonyl (C=O) groups excluding carboxylic acids is 2. The van der Waals surface area contributed by atoms with E-state index in [1.54, 1.807) is 34.4 Å². The van der Waals surface area contributed by atoms with Gasteiger partial charge in [0.1, 0.15) is 6.54 Å². The highest BCUT2D eigenvalue weighted by atomic mass is 32.1. The van der Waals surface area contributed by atoms with Gasteiger partial charge in [-0.15, -0.1) is 11.3 Å². The molecule has 0 saturated carbocycles. The third-order valence-corrected chi connectivity index (χ3v) is 6.01. The van der Waals surface area contributed by atoms with Crippen molar-refractivity contribution in [3.63, 3.8) is 0 Å². The third-order valence-electron chi connectivity index (χ3n) is 5.15. The van der Waals surface area contributed by atoms with E-state index in [-0.39, 0.29) is 24.0 Å². The molecule has 0 spiro atoms. The van der Waals surface area contributed by atoms with Crippen molar-refractivity contribution >= 4 is 34.9 Å². The van der Waals surface area contributed by atoms with E-state index in [1.165, 1.54) is 23.1 Å². The van der Waals surface area contributed by atoms with Crippen molar-refractivity contribution in [2.24, 2.45) is 0 Å². The Bertz CT molecular complexity index is 1110. The van der Waals surface area contributed by atoms with Crippen LogP contribution in [0.5, 0.6) is 0 Å². The molecule has 3 aromatic rings. The quantitative estimate of drug-likeness (QED) is 0.218. The number of nitro groups is 1. The first-order valence-electron chi connectivity index (χ1n) is 11.0. The molecule has 0 radical (unpaired) electrons. The van der Waals surface area contributed by atoms with Gasteiger partial charge in [0.15, 0.2) is 0 Å². The first kappa shape index (κ1) is 24.9. The SMILES string of the molecule is CCCN(CC(=O)N(Cc1ccccc1)Cc1cccs1)C(=O)C=Cc1ccc([N+](=O)[O-])cc1. The van der Waals surface area contributed by atoms with E-state index in [9.17, 15) is 19.7 Å². The molecule has 2 amide bonds. The van der Waals surface area contributed by atoms with Gasteiger partial charge in [0.05, 0.1) is 11.5 Å². The van der Waals surface area contributed by atoms with Gasteiger partial charge in [0.2, 0.25) is 11.8 Å². The summed E-state index contributed by atoms with van der Waals surface area (Å²) in [6, 6.07) is 19.7. The van der Waals surface area contributed by atoms with Crippen LogP contribution in [0, 0.1) is 10.1 Å². The number of carbonyl (C=O) groups is 2. The fourth-order valence-corrected chi connectivity index (χ4v) is 4.13. The summed E-state index contributed by atoms with van der Waals surface area (Å²) in [6.45, 7) is 3.34. The van der Waals surface area contributed by atoms with Crippen LogP contribution < -0.4 is 0 Å². The molecule has 1 heterocycles. The van der Waals surface area contributed by atoms with Crippen molar-refractivity contribution in [2.45, 2.75) is 26.4 Å². The molecule has 3 rings (SSSR count). The number of amides is 2. The molecule has 0 atom stereocenters. The third kappa shape index (κ3) is 7.38. The van der Waals surface area contributed by atoms with Gasteiger partial charge in [-0.3, -0.25) is 19.7 Å². The number of thiophene rings is 1. The predicted octanol–water partition coefficient (Wildman–Crippen LogP) is 5.14. The molecule has 176 valence electrons. The maximum atomic E-state index is 13.3. The van der Waals surface area contributed by atoms with Crippen molar-refractivity contribution in [1.29, 1.82) is 0 Å². The van der Waals surface area contributed by atoms with Crippen LogP contribution in [0.4, 0.5) is 5.69 Å². The lowest BCUT2D eigenvalue weighted by atomic mass is 10.2. The maximum absolute atomic E-state index is 13.3. The number of nitro benzene ring substituents is 1. The lowest BCUT2D eigenvalue weighted by molar-refractivity contribution is -0.384. The van der Waals surface area contributed by atoms with E-state index in [4.69, 9.17) is 0 Å². The lowest BCUT2D eigenvalue weighted by Crippen LogP contribution is -2.42. The molecule has 0 fully saturated rings. The highest BCUT2D eigenvalue weighted by Crippen LogP contribution is 2.16. The standard InChI is InChI=1S/C26H27N3O4S/c1-2-16-27(25(30)15-12-21-10-13-23(14-11-21)29(32)33)20-26(31)28(19-24-9-6-17-34-24)18-22-7-4-3-5-8-22/h3-15,17H,2,16,18-20H2,1H3. The van der Waals surface area contributed by atoms with Gasteiger partial charge < -0.3 is 9.80 Å². The summed E-state index contributed by atoms with van der Waals surface area (Å²) in [5, 5.41) is 12.8. The molecule has 0 saturated heterocycles. The van der Waals surface area contributed by atoms with Crippen LogP contribution in [0.25, 0.3) is 6.08 Å². The highest BCUT2D eigenvalue weighted by Gasteiger charge is 2.20. The van der Waals surface area contributed by atoms with E-state index in [2.05, 4.69) is 0 Å². The fourth-order valence-electron chi connectivity index (χ4n) is 3.41. The average molecular weight is 478 g/mol. The molecular formula is C26H27N3O4S. The molecule has 8 heteroatoms. The molecule has 0 unspecified atom stereocenters. The van der Waals surface area contributed by atoms with E-state index in [0.717, 1.165) is 10.4 Å². The maximum Gasteiger partial charge on any atom is 0.269 e. The summed E-state index contributed by atoms with van der Waals surface area (Å²) in [5.41, 5.74) is 1.69. The summed E-state index contributed by atoms with van der Waals surface area (Å²) in [6.07, 6.45) is 3.73. The minimum atomic E-state index is -0.468. The summed E-state index contributed by atoms with van der Waals surface area (Å²) < 4.78 is 0. The number of hydrogen-bond acceptors (Lipinski definition) is 5. The molecule has 0 N–H and O–H groups in total. The van der Waals surface area contributed by atoms with Gasteiger partial charge >= 0.3 is 0 Å². The number of nitrogens with zero attached hydrogens (tertiary/aromatic N) is 3. The second-order valence-electron chi connectivity index (χ2n) is 7.76. The minimum Gasteiger partial charge on any atom is -0.332 e. The summed E-state index contributed by atoms with van der Waals surface area (Å²) in [5.74, 6) is -0.396. The molecule has 0 aliphatic rings. The van der Waals surface area contributed by atoms with E-state index < -0.39 is 4.92 Å². The Morgan fingerprint density at radius 3 is 2.32 bits per heavy atom. The summed E-state index contributed by atoms with van der Waals surface area (Å²) in [7, 11) is 0. The van der Waals surface area contributed by atoms with Crippen LogP contribution in [0.2, 0.25) is 0 Å². The molecule has 0 aliphatic heterocycles. The van der Waals surface area contributed by atoms with Crippen molar-refractivity contribution < 1.29 is 14.5 Å². The van der Waals surface area contributed by atoms with Crippen LogP contribution in [-0.2, 0) is 22.7 Å². The zero-order chi connectivity index (χ0) is 24.3. The van der Waals surface area contributed by atoms with Gasteiger partial charge in [-0.1, -0.05) is 43.3 Å². The fraction of sp³-hybridized carbons (Fsp3) is 0.231. The van der Waals surface area contributed by atoms with Crippen molar-refractivity contribution in [1.82, 2.24) is 9.80 Å². The largest absolute Gasteiger partial charge is 0.332 e. The second kappa shape index (κ2) is 12.5. The Balaban J connectivity index is 1.70. The zero-order valence-electron chi connectivity index (χ0n) is 19.0. The smallest absolute Gasteiger partial charge is 0.269 e. The second-order valence-corrected chi connectivity index (χ2v) is 8.79. The van der Waals surface area contributed by atoms with Crippen LogP contribution in [0.1, 0.15) is 29.3 Å². The van der Waals surface area contributed by atoms with Crippen LogP contribution in [0.3, 0.4) is 0 Å². The topological polar surface area (TPSA) is 83.8 Å². The average Bonchev–Trinajstić information content (AvgIpc) is 3.36. The summed E-state index contributed by atoms with van der Waals surface area (Å²) in [4.78, 5) is 40.9. The van der Waals surface area contributed by atoms with Crippen LogP contribution >= 0.6 is 11.3 Å². The van der Waals surface area contributed by atoms with Gasteiger partial charge in [-0.25, -0.2) is 0 Å². The van der Waals surface area contributed by atoms with E-state index in [1.807, 2.05) is 54.8 Å². The van der Waals surface area contributed by atoms with Crippen LogP contribution in [-0.4, -0.2) is 39.6 Å². The number of rotatable bonds is 11. The molecule has 0 aliphatic carbocycles. The predicted molar refractivity (Wildman–Crippen MR) is 134 cm³/mol. The van der Waals surface area contributed by atoms with Gasteiger partial charge in [0, 0.05) is 36.2 Å². The van der Waals surface area contributed by atoms with Crippen molar-refractivity contribution in [3.8, 4) is 0 Å². The Kier molecular flexibility index (Phi) is 9.11. The molecule has 0 bridgehead atoms. The first-order valence-corrected chi connectivity index (χ1v) is 11.9. The highest BCUT2D eigenvalue weighted by molar-refractivity contribution is 7.09. The van der Waals surface area contributed by atoms with Gasteiger partial charge in [0.25, 0.3) is 5.69 Å². The van der Waals surface area contributed by atoms with E-state index in [0.29, 0.717) is 31.6 Å².